The number of pyridine rings is 1. The molecular formula is C14H7F6NO3. The molecule has 0 bridgehead atoms. The fraction of sp³-hybridized carbons (Fsp3) is 0.143. The van der Waals surface area contributed by atoms with Crippen LogP contribution in [0.25, 0.3) is 11.3 Å². The van der Waals surface area contributed by atoms with Crippen molar-refractivity contribution in [2.45, 2.75) is 12.5 Å². The predicted octanol–water partition coefficient (Wildman–Crippen LogP) is 4.36. The van der Waals surface area contributed by atoms with Crippen molar-refractivity contribution in [2.24, 2.45) is 0 Å². The molecule has 24 heavy (non-hydrogen) atoms. The van der Waals surface area contributed by atoms with Crippen LogP contribution in [-0.4, -0.2) is 22.4 Å². The monoisotopic (exact) mass is 351 g/mol. The van der Waals surface area contributed by atoms with Crippen molar-refractivity contribution < 1.29 is 41.0 Å². The fourth-order valence-corrected chi connectivity index (χ4v) is 1.85. The van der Waals surface area contributed by atoms with E-state index < -0.39 is 41.2 Å². The molecule has 0 fully saturated rings. The van der Waals surface area contributed by atoms with Gasteiger partial charge in [0.25, 0.3) is 0 Å². The first kappa shape index (κ1) is 17.6. The van der Waals surface area contributed by atoms with E-state index in [0.29, 0.717) is 12.1 Å². The zero-order valence-corrected chi connectivity index (χ0v) is 11.4. The van der Waals surface area contributed by atoms with Crippen molar-refractivity contribution in [3.8, 4) is 17.0 Å². The minimum absolute atomic E-state index is 0.264. The van der Waals surface area contributed by atoms with Gasteiger partial charge < -0.3 is 9.84 Å². The fourth-order valence-electron chi connectivity index (χ4n) is 1.85. The van der Waals surface area contributed by atoms with E-state index in [4.69, 9.17) is 5.11 Å². The summed E-state index contributed by atoms with van der Waals surface area (Å²) in [6.07, 6.45) is -9.85. The Bertz CT molecular complexity index is 770. The molecule has 0 aliphatic rings. The lowest BCUT2D eigenvalue weighted by molar-refractivity contribution is -0.274. The lowest BCUT2D eigenvalue weighted by atomic mass is 10.0. The van der Waals surface area contributed by atoms with Crippen LogP contribution in [0, 0.1) is 0 Å². The first-order chi connectivity index (χ1) is 11.0. The molecule has 0 aliphatic heterocycles. The summed E-state index contributed by atoms with van der Waals surface area (Å²) in [5.74, 6) is -2.29. The number of halogens is 6. The maximum absolute atomic E-state index is 12.7. The Balaban J connectivity index is 2.58. The first-order valence-corrected chi connectivity index (χ1v) is 6.15. The molecule has 0 radical (unpaired) electrons. The molecule has 4 nitrogen and oxygen atoms in total. The molecule has 0 atom stereocenters. The van der Waals surface area contributed by atoms with Gasteiger partial charge in [-0.05, 0) is 24.3 Å². The molecular weight excluding hydrogens is 344 g/mol. The smallest absolute Gasteiger partial charge is 0.478 e. The summed E-state index contributed by atoms with van der Waals surface area (Å²) < 4.78 is 78.5. The van der Waals surface area contributed by atoms with Crippen LogP contribution in [0.4, 0.5) is 26.3 Å². The second-order valence-corrected chi connectivity index (χ2v) is 4.47. The van der Waals surface area contributed by atoms with Gasteiger partial charge in [0.1, 0.15) is 11.4 Å². The van der Waals surface area contributed by atoms with Crippen LogP contribution < -0.4 is 4.74 Å². The van der Waals surface area contributed by atoms with Crippen LogP contribution in [0.3, 0.4) is 0 Å². The van der Waals surface area contributed by atoms with Gasteiger partial charge in [0.2, 0.25) is 0 Å². The molecule has 2 aromatic rings. The lowest BCUT2D eigenvalue weighted by Gasteiger charge is -2.12. The molecule has 10 heteroatoms. The number of carboxylic acid groups (broad SMARTS) is 1. The van der Waals surface area contributed by atoms with Crippen molar-refractivity contribution >= 4 is 5.97 Å². The minimum Gasteiger partial charge on any atom is -0.478 e. The summed E-state index contributed by atoms with van der Waals surface area (Å²) >= 11 is 0. The summed E-state index contributed by atoms with van der Waals surface area (Å²) in [7, 11) is 0. The lowest BCUT2D eigenvalue weighted by Crippen LogP contribution is -2.17. The van der Waals surface area contributed by atoms with E-state index in [9.17, 15) is 31.1 Å². The highest BCUT2D eigenvalue weighted by Gasteiger charge is 2.34. The normalized spacial score (nSPS) is 12.1. The number of nitrogens with zero attached hydrogens (tertiary/aromatic N) is 1. The highest BCUT2D eigenvalue weighted by Crippen LogP contribution is 2.33. The van der Waals surface area contributed by atoms with Gasteiger partial charge in [0.15, 0.2) is 0 Å². The van der Waals surface area contributed by atoms with Gasteiger partial charge in [0.05, 0.1) is 11.3 Å². The number of carbonyl (C=O) groups is 1. The Morgan fingerprint density at radius 2 is 1.71 bits per heavy atom. The quantitative estimate of drug-likeness (QED) is 0.835. The molecule has 2 rings (SSSR count). The van der Waals surface area contributed by atoms with E-state index in [1.54, 1.807) is 0 Å². The molecule has 0 unspecified atom stereocenters. The molecule has 0 saturated carbocycles. The molecule has 0 amide bonds. The average Bonchev–Trinajstić information content (AvgIpc) is 2.44. The maximum atomic E-state index is 12.7. The van der Waals surface area contributed by atoms with Crippen molar-refractivity contribution in [1.29, 1.82) is 0 Å². The highest BCUT2D eigenvalue weighted by atomic mass is 19.4. The summed E-state index contributed by atoms with van der Waals surface area (Å²) in [6, 6.07) is 5.03. The number of ether oxygens (including phenoxy) is 1. The average molecular weight is 351 g/mol. The Hall–Kier alpha value is -2.78. The maximum Gasteiger partial charge on any atom is 0.573 e. The van der Waals surface area contributed by atoms with E-state index in [-0.39, 0.29) is 5.56 Å². The SMILES string of the molecule is O=C(O)c1ccc(C(F)(F)F)nc1-c1cccc(OC(F)(F)F)c1. The van der Waals surface area contributed by atoms with Gasteiger partial charge in [-0.25, -0.2) is 9.78 Å². The summed E-state index contributed by atoms with van der Waals surface area (Å²) in [5.41, 5.74) is -2.85. The number of hydrogen-bond acceptors (Lipinski definition) is 3. The summed E-state index contributed by atoms with van der Waals surface area (Å²) in [6.45, 7) is 0. The second kappa shape index (κ2) is 6.02. The largest absolute Gasteiger partial charge is 0.573 e. The van der Waals surface area contributed by atoms with E-state index in [0.717, 1.165) is 24.3 Å². The zero-order valence-electron chi connectivity index (χ0n) is 11.4. The first-order valence-electron chi connectivity index (χ1n) is 6.15. The molecule has 1 N–H and O–H groups in total. The third kappa shape index (κ3) is 4.15. The number of aromatic carboxylic acids is 1. The molecule has 1 heterocycles. The van der Waals surface area contributed by atoms with Crippen LogP contribution in [0.2, 0.25) is 0 Å². The Kier molecular flexibility index (Phi) is 4.41. The molecule has 128 valence electrons. The van der Waals surface area contributed by atoms with Gasteiger partial charge in [-0.1, -0.05) is 12.1 Å². The van der Waals surface area contributed by atoms with Gasteiger partial charge in [-0.15, -0.1) is 13.2 Å². The van der Waals surface area contributed by atoms with Crippen molar-refractivity contribution in [3.05, 3.63) is 47.7 Å². The third-order valence-corrected chi connectivity index (χ3v) is 2.76. The second-order valence-electron chi connectivity index (χ2n) is 4.47. The van der Waals surface area contributed by atoms with Crippen LogP contribution in [0.15, 0.2) is 36.4 Å². The van der Waals surface area contributed by atoms with E-state index >= 15 is 0 Å². The van der Waals surface area contributed by atoms with Crippen LogP contribution in [0.5, 0.6) is 5.75 Å². The third-order valence-electron chi connectivity index (χ3n) is 2.76. The van der Waals surface area contributed by atoms with Gasteiger partial charge in [-0.3, -0.25) is 0 Å². The Morgan fingerprint density at radius 1 is 1.04 bits per heavy atom. The number of alkyl halides is 6. The van der Waals surface area contributed by atoms with Crippen molar-refractivity contribution in [3.63, 3.8) is 0 Å². The predicted molar refractivity (Wildman–Crippen MR) is 68.3 cm³/mol. The standard InChI is InChI=1S/C14H7F6NO3/c15-13(16,17)10-5-4-9(12(22)23)11(21-10)7-2-1-3-8(6-7)24-14(18,19)20/h1-6H,(H,22,23). The molecule has 0 spiro atoms. The van der Waals surface area contributed by atoms with Crippen molar-refractivity contribution in [2.75, 3.05) is 0 Å². The zero-order chi connectivity index (χ0) is 18.1. The van der Waals surface area contributed by atoms with Crippen LogP contribution >= 0.6 is 0 Å². The minimum atomic E-state index is -5.00. The summed E-state index contributed by atoms with van der Waals surface area (Å²) in [5, 5.41) is 9.04. The number of aromatic nitrogens is 1. The van der Waals surface area contributed by atoms with Crippen LogP contribution in [-0.2, 0) is 6.18 Å². The van der Waals surface area contributed by atoms with Gasteiger partial charge in [-0.2, -0.15) is 13.2 Å². The van der Waals surface area contributed by atoms with Gasteiger partial charge >= 0.3 is 18.5 Å². The Labute approximate surface area is 130 Å². The number of carboxylic acids is 1. The van der Waals surface area contributed by atoms with E-state index in [1.165, 1.54) is 0 Å². The number of hydrogen-bond donors (Lipinski definition) is 1. The molecule has 1 aromatic heterocycles. The number of benzene rings is 1. The van der Waals surface area contributed by atoms with Crippen LogP contribution in [0.1, 0.15) is 16.1 Å². The highest BCUT2D eigenvalue weighted by molar-refractivity contribution is 5.94. The van der Waals surface area contributed by atoms with Gasteiger partial charge in [0, 0.05) is 5.56 Å². The summed E-state index contributed by atoms with van der Waals surface area (Å²) in [4.78, 5) is 14.4. The molecule has 0 saturated heterocycles. The van der Waals surface area contributed by atoms with E-state index in [2.05, 4.69) is 9.72 Å². The topological polar surface area (TPSA) is 59.4 Å². The van der Waals surface area contributed by atoms with E-state index in [1.807, 2.05) is 0 Å². The molecule has 0 aliphatic carbocycles. The Morgan fingerprint density at radius 3 is 2.25 bits per heavy atom. The number of rotatable bonds is 3. The molecule has 1 aromatic carbocycles. The van der Waals surface area contributed by atoms with Crippen molar-refractivity contribution in [1.82, 2.24) is 4.98 Å².